The molecule has 0 spiro atoms. The number of halogens is 2. The fraction of sp³-hybridized carbons (Fsp3) is 0.133. The highest BCUT2D eigenvalue weighted by Crippen LogP contribution is 2.22. The van der Waals surface area contributed by atoms with Crippen LogP contribution in [-0.2, 0) is 10.5 Å². The highest BCUT2D eigenvalue weighted by atomic mass is 35.5. The number of carbonyl (C=O) groups excluding carboxylic acids is 1. The molecular formula is C15H14Cl2N2OS. The van der Waals surface area contributed by atoms with Gasteiger partial charge in [0.1, 0.15) is 0 Å². The van der Waals surface area contributed by atoms with Crippen LogP contribution in [0.5, 0.6) is 0 Å². The number of hydrogen-bond acceptors (Lipinski definition) is 3. The van der Waals surface area contributed by atoms with E-state index in [2.05, 4.69) is 5.32 Å². The van der Waals surface area contributed by atoms with Gasteiger partial charge in [-0.05, 0) is 35.9 Å². The number of rotatable bonds is 5. The molecule has 21 heavy (non-hydrogen) atoms. The maximum Gasteiger partial charge on any atom is 0.234 e. The molecule has 0 aromatic heterocycles. The van der Waals surface area contributed by atoms with Gasteiger partial charge in [0.2, 0.25) is 5.91 Å². The first kappa shape index (κ1) is 16.0. The van der Waals surface area contributed by atoms with E-state index in [4.69, 9.17) is 28.9 Å². The fourth-order valence-electron chi connectivity index (χ4n) is 1.66. The molecule has 0 fully saturated rings. The van der Waals surface area contributed by atoms with E-state index in [9.17, 15) is 4.79 Å². The lowest BCUT2D eigenvalue weighted by Gasteiger charge is -2.07. The Morgan fingerprint density at radius 2 is 1.86 bits per heavy atom. The SMILES string of the molecule is Nc1cc(NC(=O)CSCc2ccc(Cl)cc2)ccc1Cl. The first-order valence-corrected chi connectivity index (χ1v) is 8.13. The van der Waals surface area contributed by atoms with Gasteiger partial charge in [0, 0.05) is 16.5 Å². The average molecular weight is 341 g/mol. The van der Waals surface area contributed by atoms with Crippen molar-refractivity contribution in [3.8, 4) is 0 Å². The van der Waals surface area contributed by atoms with E-state index < -0.39 is 0 Å². The lowest BCUT2D eigenvalue weighted by Crippen LogP contribution is -2.14. The number of nitrogens with one attached hydrogen (secondary N) is 1. The fourth-order valence-corrected chi connectivity index (χ4v) is 2.69. The third-order valence-corrected chi connectivity index (χ3v) is 4.29. The molecule has 0 saturated heterocycles. The van der Waals surface area contributed by atoms with E-state index in [1.165, 1.54) is 11.8 Å². The van der Waals surface area contributed by atoms with Gasteiger partial charge in [-0.15, -0.1) is 11.8 Å². The van der Waals surface area contributed by atoms with Gasteiger partial charge in [0.25, 0.3) is 0 Å². The van der Waals surface area contributed by atoms with Gasteiger partial charge in [-0.25, -0.2) is 0 Å². The molecular weight excluding hydrogens is 327 g/mol. The van der Waals surface area contributed by atoms with Crippen LogP contribution in [0.4, 0.5) is 11.4 Å². The van der Waals surface area contributed by atoms with Crippen LogP contribution in [0.15, 0.2) is 42.5 Å². The molecule has 0 unspecified atom stereocenters. The maximum absolute atomic E-state index is 11.8. The van der Waals surface area contributed by atoms with E-state index in [0.29, 0.717) is 27.2 Å². The van der Waals surface area contributed by atoms with Crippen LogP contribution < -0.4 is 11.1 Å². The van der Waals surface area contributed by atoms with Crippen LogP contribution >= 0.6 is 35.0 Å². The summed E-state index contributed by atoms with van der Waals surface area (Å²) in [5.41, 5.74) is 7.91. The summed E-state index contributed by atoms with van der Waals surface area (Å²) < 4.78 is 0. The van der Waals surface area contributed by atoms with Crippen LogP contribution in [-0.4, -0.2) is 11.7 Å². The van der Waals surface area contributed by atoms with Crippen molar-refractivity contribution >= 4 is 52.2 Å². The summed E-state index contributed by atoms with van der Waals surface area (Å²) in [5.74, 6) is 1.05. The quantitative estimate of drug-likeness (QED) is 0.790. The molecule has 2 rings (SSSR count). The Hall–Kier alpha value is -1.36. The van der Waals surface area contributed by atoms with Crippen molar-refractivity contribution in [3.63, 3.8) is 0 Å². The molecule has 0 saturated carbocycles. The zero-order valence-electron chi connectivity index (χ0n) is 11.1. The molecule has 0 aliphatic carbocycles. The van der Waals surface area contributed by atoms with Crippen LogP contribution in [0.25, 0.3) is 0 Å². The first-order valence-electron chi connectivity index (χ1n) is 6.21. The van der Waals surface area contributed by atoms with Gasteiger partial charge < -0.3 is 11.1 Å². The molecule has 0 heterocycles. The predicted octanol–water partition coefficient (Wildman–Crippen LogP) is 4.45. The number of thioether (sulfide) groups is 1. The number of anilines is 2. The minimum atomic E-state index is -0.0734. The lowest BCUT2D eigenvalue weighted by molar-refractivity contribution is -0.113. The van der Waals surface area contributed by atoms with E-state index in [0.717, 1.165) is 11.3 Å². The second-order valence-electron chi connectivity index (χ2n) is 4.40. The number of hydrogen-bond donors (Lipinski definition) is 2. The van der Waals surface area contributed by atoms with Crippen molar-refractivity contribution in [2.75, 3.05) is 16.8 Å². The highest BCUT2D eigenvalue weighted by Gasteiger charge is 2.05. The Labute approximate surface area is 137 Å². The molecule has 0 bridgehead atoms. The van der Waals surface area contributed by atoms with Gasteiger partial charge in [0.15, 0.2) is 0 Å². The summed E-state index contributed by atoms with van der Waals surface area (Å²) in [6.07, 6.45) is 0. The zero-order chi connectivity index (χ0) is 15.2. The normalized spacial score (nSPS) is 10.4. The van der Waals surface area contributed by atoms with Crippen molar-refractivity contribution in [1.29, 1.82) is 0 Å². The number of carbonyl (C=O) groups is 1. The van der Waals surface area contributed by atoms with Crippen molar-refractivity contribution < 1.29 is 4.79 Å². The molecule has 0 aliphatic rings. The van der Waals surface area contributed by atoms with Gasteiger partial charge >= 0.3 is 0 Å². The van der Waals surface area contributed by atoms with E-state index >= 15 is 0 Å². The minimum absolute atomic E-state index is 0.0734. The Morgan fingerprint density at radius 1 is 1.14 bits per heavy atom. The number of nitrogen functional groups attached to an aromatic ring is 1. The molecule has 3 nitrogen and oxygen atoms in total. The van der Waals surface area contributed by atoms with Crippen LogP contribution in [0, 0.1) is 0 Å². The Balaban J connectivity index is 1.79. The monoisotopic (exact) mass is 340 g/mol. The molecule has 0 atom stereocenters. The van der Waals surface area contributed by atoms with Crippen molar-refractivity contribution in [2.45, 2.75) is 5.75 Å². The van der Waals surface area contributed by atoms with Gasteiger partial charge in [-0.1, -0.05) is 35.3 Å². The lowest BCUT2D eigenvalue weighted by atomic mass is 10.2. The smallest absolute Gasteiger partial charge is 0.234 e. The predicted molar refractivity (Wildman–Crippen MR) is 92.1 cm³/mol. The molecule has 3 N–H and O–H groups in total. The Kier molecular flexibility index (Phi) is 5.79. The molecule has 1 amide bonds. The van der Waals surface area contributed by atoms with Gasteiger partial charge in [0.05, 0.1) is 16.5 Å². The van der Waals surface area contributed by atoms with Gasteiger partial charge in [-0.3, -0.25) is 4.79 Å². The summed E-state index contributed by atoms with van der Waals surface area (Å²) in [6, 6.07) is 12.6. The molecule has 6 heteroatoms. The standard InChI is InChI=1S/C15H14Cl2N2OS/c16-11-3-1-10(2-4-11)8-21-9-15(20)19-12-5-6-13(17)14(18)7-12/h1-7H,8-9,18H2,(H,19,20). The third-order valence-electron chi connectivity index (χ3n) is 2.69. The molecule has 110 valence electrons. The minimum Gasteiger partial charge on any atom is -0.397 e. The van der Waals surface area contributed by atoms with E-state index in [1.807, 2.05) is 24.3 Å². The third kappa shape index (κ3) is 5.16. The molecule has 2 aromatic carbocycles. The van der Waals surface area contributed by atoms with Crippen molar-refractivity contribution in [3.05, 3.63) is 58.1 Å². The number of benzene rings is 2. The summed E-state index contributed by atoms with van der Waals surface area (Å²) in [4.78, 5) is 11.8. The van der Waals surface area contributed by atoms with Crippen molar-refractivity contribution in [2.24, 2.45) is 0 Å². The van der Waals surface area contributed by atoms with Crippen LogP contribution in [0.3, 0.4) is 0 Å². The largest absolute Gasteiger partial charge is 0.397 e. The summed E-state index contributed by atoms with van der Waals surface area (Å²) in [7, 11) is 0. The Bertz CT molecular complexity index is 632. The number of nitrogens with two attached hydrogens (primary N) is 1. The summed E-state index contributed by atoms with van der Waals surface area (Å²) >= 11 is 13.2. The van der Waals surface area contributed by atoms with Crippen molar-refractivity contribution in [1.82, 2.24) is 0 Å². The topological polar surface area (TPSA) is 55.1 Å². The second-order valence-corrected chi connectivity index (χ2v) is 6.23. The number of amides is 1. The second kappa shape index (κ2) is 7.59. The van der Waals surface area contributed by atoms with E-state index in [1.54, 1.807) is 18.2 Å². The summed E-state index contributed by atoms with van der Waals surface area (Å²) in [6.45, 7) is 0. The summed E-state index contributed by atoms with van der Waals surface area (Å²) in [5, 5.41) is 3.97. The average Bonchev–Trinajstić information content (AvgIpc) is 2.45. The molecule has 2 aromatic rings. The van der Waals surface area contributed by atoms with E-state index in [-0.39, 0.29) is 5.91 Å². The zero-order valence-corrected chi connectivity index (χ0v) is 13.4. The van der Waals surface area contributed by atoms with Gasteiger partial charge in [-0.2, -0.15) is 0 Å². The van der Waals surface area contributed by atoms with Crippen LogP contribution in [0.1, 0.15) is 5.56 Å². The molecule has 0 aliphatic heterocycles. The van der Waals surface area contributed by atoms with Crippen LogP contribution in [0.2, 0.25) is 10.0 Å². The highest BCUT2D eigenvalue weighted by molar-refractivity contribution is 7.99. The maximum atomic E-state index is 11.8. The Morgan fingerprint density at radius 3 is 2.52 bits per heavy atom. The first-order chi connectivity index (χ1) is 10.0. The molecule has 0 radical (unpaired) electrons.